The van der Waals surface area contributed by atoms with Crippen LogP contribution in [0.25, 0.3) is 21.9 Å². The molecular weight excluding hydrogens is 421 g/mol. The zero-order chi connectivity index (χ0) is 22.6. The van der Waals surface area contributed by atoms with Crippen molar-refractivity contribution in [3.63, 3.8) is 0 Å². The lowest BCUT2D eigenvalue weighted by Gasteiger charge is -2.35. The van der Waals surface area contributed by atoms with Crippen molar-refractivity contribution in [2.45, 2.75) is 38.4 Å². The zero-order valence-corrected chi connectivity index (χ0v) is 17.3. The second-order valence-electron chi connectivity index (χ2n) is 8.16. The number of hydrogen-bond acceptors (Lipinski definition) is 4. The maximum absolute atomic E-state index is 13.8. The van der Waals surface area contributed by atoms with Crippen LogP contribution in [-0.4, -0.2) is 37.5 Å². The van der Waals surface area contributed by atoms with Gasteiger partial charge in [-0.15, -0.1) is 0 Å². The summed E-state index contributed by atoms with van der Waals surface area (Å²) in [7, 11) is 0. The molecule has 0 aliphatic carbocycles. The van der Waals surface area contributed by atoms with Crippen LogP contribution >= 0.6 is 0 Å². The largest absolute Gasteiger partial charge is 0.417 e. The predicted molar refractivity (Wildman–Crippen MR) is 114 cm³/mol. The number of piperidine rings is 1. The van der Waals surface area contributed by atoms with Crippen molar-refractivity contribution in [2.75, 3.05) is 12.3 Å². The summed E-state index contributed by atoms with van der Waals surface area (Å²) >= 11 is 0. The Morgan fingerprint density at radius 2 is 2.06 bits per heavy atom. The van der Waals surface area contributed by atoms with Gasteiger partial charge in [0, 0.05) is 17.4 Å². The Morgan fingerprint density at radius 1 is 1.25 bits per heavy atom. The van der Waals surface area contributed by atoms with Gasteiger partial charge in [0.05, 0.1) is 22.7 Å². The Labute approximate surface area is 180 Å². The topological polar surface area (TPSA) is 104 Å². The lowest BCUT2D eigenvalue weighted by molar-refractivity contribution is -0.136. The van der Waals surface area contributed by atoms with E-state index in [1.54, 1.807) is 11.0 Å². The Kier molecular flexibility index (Phi) is 4.61. The fourth-order valence-electron chi connectivity index (χ4n) is 4.52. The number of hydrogen-bond donors (Lipinski definition) is 3. The molecule has 4 heterocycles. The first-order valence-electron chi connectivity index (χ1n) is 10.3. The van der Waals surface area contributed by atoms with E-state index >= 15 is 0 Å². The van der Waals surface area contributed by atoms with Crippen LogP contribution in [0.2, 0.25) is 0 Å². The summed E-state index contributed by atoms with van der Waals surface area (Å²) < 4.78 is 41.4. The average Bonchev–Trinajstić information content (AvgIpc) is 3.37. The minimum Gasteiger partial charge on any atom is -0.383 e. The second kappa shape index (κ2) is 7.25. The van der Waals surface area contributed by atoms with Crippen LogP contribution in [0, 0.1) is 6.92 Å². The first kappa shape index (κ1) is 20.3. The summed E-state index contributed by atoms with van der Waals surface area (Å²) in [6.45, 7) is 2.39. The van der Waals surface area contributed by atoms with E-state index in [2.05, 4.69) is 20.2 Å². The van der Waals surface area contributed by atoms with Crippen LogP contribution in [0.3, 0.4) is 0 Å². The minimum absolute atomic E-state index is 0.105. The smallest absolute Gasteiger partial charge is 0.383 e. The van der Waals surface area contributed by atoms with Gasteiger partial charge in [-0.2, -0.15) is 18.3 Å². The molecule has 0 unspecified atom stereocenters. The SMILES string of the molecule is Cc1cccc2[nH]c(C(=O)N3CCCC[C@@H]3c3cc(C(F)(F)F)c4c(N)[nH]nc4n3)cc12. The summed E-state index contributed by atoms with van der Waals surface area (Å²) in [5, 5.41) is 6.91. The van der Waals surface area contributed by atoms with Gasteiger partial charge in [-0.1, -0.05) is 12.1 Å². The fraction of sp³-hybridized carbons (Fsp3) is 0.318. The number of rotatable bonds is 2. The number of carbonyl (C=O) groups excluding carboxylic acids is 1. The van der Waals surface area contributed by atoms with Crippen molar-refractivity contribution in [2.24, 2.45) is 0 Å². The number of amides is 1. The number of benzene rings is 1. The minimum atomic E-state index is -4.63. The van der Waals surface area contributed by atoms with Crippen molar-refractivity contribution in [1.82, 2.24) is 25.1 Å². The molecule has 7 nitrogen and oxygen atoms in total. The molecule has 0 radical (unpaired) electrons. The highest BCUT2D eigenvalue weighted by molar-refractivity contribution is 5.99. The third kappa shape index (κ3) is 3.26. The van der Waals surface area contributed by atoms with Gasteiger partial charge in [0.25, 0.3) is 5.91 Å². The number of aromatic amines is 2. The van der Waals surface area contributed by atoms with Gasteiger partial charge in [-0.05, 0) is 49.9 Å². The van der Waals surface area contributed by atoms with Crippen LogP contribution in [0.1, 0.15) is 52.6 Å². The summed E-state index contributed by atoms with van der Waals surface area (Å²) in [6.07, 6.45) is -2.57. The van der Waals surface area contributed by atoms with Crippen LogP contribution in [0.4, 0.5) is 19.0 Å². The van der Waals surface area contributed by atoms with Crippen molar-refractivity contribution in [3.05, 3.63) is 52.8 Å². The van der Waals surface area contributed by atoms with E-state index in [0.29, 0.717) is 18.7 Å². The number of likely N-dealkylation sites (tertiary alicyclic amines) is 1. The number of anilines is 1. The van der Waals surface area contributed by atoms with Crippen LogP contribution < -0.4 is 5.73 Å². The number of nitrogens with one attached hydrogen (secondary N) is 2. The van der Waals surface area contributed by atoms with E-state index in [4.69, 9.17) is 5.73 Å². The van der Waals surface area contributed by atoms with E-state index < -0.39 is 17.8 Å². The number of nitrogens with two attached hydrogens (primary N) is 1. The van der Waals surface area contributed by atoms with Crippen molar-refractivity contribution < 1.29 is 18.0 Å². The highest BCUT2D eigenvalue weighted by Crippen LogP contribution is 2.40. The van der Waals surface area contributed by atoms with Gasteiger partial charge in [-0.3, -0.25) is 9.89 Å². The molecule has 1 amide bonds. The standard InChI is InChI=1S/C22H21F3N6O/c1-11-5-4-6-14-12(11)9-16(27-14)21(32)31-8-3-2-7-17(31)15-10-13(22(23,24)25)18-19(26)29-30-20(18)28-15/h4-6,9-10,17,27H,2-3,7-8H2,1H3,(H3,26,28,29,30)/t17-/m1/s1. The molecule has 10 heteroatoms. The van der Waals surface area contributed by atoms with E-state index in [9.17, 15) is 18.0 Å². The van der Waals surface area contributed by atoms with Crippen molar-refractivity contribution in [3.8, 4) is 0 Å². The summed E-state index contributed by atoms with van der Waals surface area (Å²) in [4.78, 5) is 22.5. The van der Waals surface area contributed by atoms with Crippen molar-refractivity contribution in [1.29, 1.82) is 0 Å². The molecule has 0 saturated carbocycles. The molecule has 1 atom stereocenters. The second-order valence-corrected chi connectivity index (χ2v) is 8.16. The molecule has 5 rings (SSSR count). The third-order valence-corrected chi connectivity index (χ3v) is 6.09. The Hall–Kier alpha value is -3.56. The maximum atomic E-state index is 13.8. The molecule has 1 fully saturated rings. The molecule has 1 aliphatic rings. The molecule has 4 N–H and O–H groups in total. The number of fused-ring (bicyclic) bond motifs is 2. The number of halogens is 3. The number of alkyl halides is 3. The van der Waals surface area contributed by atoms with Crippen LogP contribution in [0.15, 0.2) is 30.3 Å². The number of H-pyrrole nitrogens is 2. The van der Waals surface area contributed by atoms with Crippen LogP contribution in [0.5, 0.6) is 0 Å². The molecular formula is C22H21F3N6O. The fourth-order valence-corrected chi connectivity index (χ4v) is 4.52. The number of aromatic nitrogens is 4. The number of aryl methyl sites for hydroxylation is 1. The van der Waals surface area contributed by atoms with E-state index in [-0.39, 0.29) is 28.5 Å². The Balaban J connectivity index is 1.58. The maximum Gasteiger partial charge on any atom is 0.417 e. The molecule has 4 aromatic rings. The molecule has 0 bridgehead atoms. The molecule has 166 valence electrons. The lowest BCUT2D eigenvalue weighted by atomic mass is 9.96. The van der Waals surface area contributed by atoms with Gasteiger partial charge in [0.15, 0.2) is 5.65 Å². The summed E-state index contributed by atoms with van der Waals surface area (Å²) in [5.41, 5.74) is 7.11. The highest BCUT2D eigenvalue weighted by Gasteiger charge is 2.38. The quantitative estimate of drug-likeness (QED) is 0.418. The summed E-state index contributed by atoms with van der Waals surface area (Å²) in [5.74, 6) is -0.446. The van der Waals surface area contributed by atoms with Crippen molar-refractivity contribution >= 4 is 33.7 Å². The average molecular weight is 442 g/mol. The first-order chi connectivity index (χ1) is 15.2. The molecule has 3 aromatic heterocycles. The molecule has 0 spiro atoms. The molecule has 32 heavy (non-hydrogen) atoms. The van der Waals surface area contributed by atoms with E-state index in [0.717, 1.165) is 35.4 Å². The highest BCUT2D eigenvalue weighted by atomic mass is 19.4. The number of pyridine rings is 1. The van der Waals surface area contributed by atoms with Gasteiger partial charge in [0.1, 0.15) is 11.5 Å². The summed E-state index contributed by atoms with van der Waals surface area (Å²) in [6, 6.07) is 7.96. The van der Waals surface area contributed by atoms with Gasteiger partial charge in [-0.25, -0.2) is 4.98 Å². The van der Waals surface area contributed by atoms with E-state index in [1.807, 2.05) is 25.1 Å². The lowest BCUT2D eigenvalue weighted by Crippen LogP contribution is -2.39. The van der Waals surface area contributed by atoms with Crippen LogP contribution in [-0.2, 0) is 6.18 Å². The number of nitrogen functional groups attached to an aromatic ring is 1. The Morgan fingerprint density at radius 3 is 2.81 bits per heavy atom. The van der Waals surface area contributed by atoms with Gasteiger partial charge < -0.3 is 15.6 Å². The molecule has 1 saturated heterocycles. The third-order valence-electron chi connectivity index (χ3n) is 6.09. The Bertz CT molecular complexity index is 1340. The zero-order valence-electron chi connectivity index (χ0n) is 17.3. The van der Waals surface area contributed by atoms with Gasteiger partial charge in [0.2, 0.25) is 0 Å². The molecule has 1 aromatic carbocycles. The monoisotopic (exact) mass is 442 g/mol. The van der Waals surface area contributed by atoms with E-state index in [1.165, 1.54) is 0 Å². The number of carbonyl (C=O) groups is 1. The first-order valence-corrected chi connectivity index (χ1v) is 10.3. The predicted octanol–water partition coefficient (Wildman–Crippen LogP) is 4.72. The van der Waals surface area contributed by atoms with Gasteiger partial charge >= 0.3 is 6.18 Å². The molecule has 1 aliphatic heterocycles. The number of nitrogens with zero attached hydrogens (tertiary/aromatic N) is 3. The normalized spacial score (nSPS) is 17.4.